The normalized spacial score (nSPS) is 22.9. The molecule has 1 amide bonds. The first-order chi connectivity index (χ1) is 10.2. The quantitative estimate of drug-likeness (QED) is 0.919. The number of nitrogens with one attached hydrogen (secondary N) is 1. The Labute approximate surface area is 132 Å². The van der Waals surface area contributed by atoms with Crippen LogP contribution in [0.2, 0.25) is 0 Å². The van der Waals surface area contributed by atoms with E-state index in [9.17, 15) is 13.2 Å². The van der Waals surface area contributed by atoms with Crippen molar-refractivity contribution in [1.29, 1.82) is 0 Å². The molecule has 0 bridgehead atoms. The Morgan fingerprint density at radius 2 is 1.64 bits per heavy atom. The highest BCUT2D eigenvalue weighted by Gasteiger charge is 2.26. The van der Waals surface area contributed by atoms with Crippen molar-refractivity contribution in [3.63, 3.8) is 0 Å². The molecule has 0 radical (unpaired) electrons. The summed E-state index contributed by atoms with van der Waals surface area (Å²) in [6.45, 7) is 8.72. The molecule has 1 aromatic carbocycles. The molecule has 0 unspecified atom stereocenters. The van der Waals surface area contributed by atoms with Gasteiger partial charge in [-0.2, -0.15) is 0 Å². The first-order valence-corrected chi connectivity index (χ1v) is 9.15. The number of piperazine rings is 1. The Kier molecular flexibility index (Phi) is 4.92. The number of hydrogen-bond acceptors (Lipinski definition) is 4. The zero-order chi connectivity index (χ0) is 16.5. The molecule has 1 fully saturated rings. The van der Waals surface area contributed by atoms with Gasteiger partial charge in [-0.05, 0) is 52.0 Å². The summed E-state index contributed by atoms with van der Waals surface area (Å²) in [6.07, 6.45) is 0. The third-order valence-electron chi connectivity index (χ3n) is 3.90. The third kappa shape index (κ3) is 3.50. The van der Waals surface area contributed by atoms with E-state index < -0.39 is 15.1 Å². The topological polar surface area (TPSA) is 66.5 Å². The number of sulfone groups is 1. The van der Waals surface area contributed by atoms with Crippen LogP contribution in [0, 0.1) is 0 Å². The first kappa shape index (κ1) is 17.0. The zero-order valence-corrected chi connectivity index (χ0v) is 14.4. The molecule has 5 nitrogen and oxygen atoms in total. The molecule has 1 aliphatic rings. The van der Waals surface area contributed by atoms with E-state index in [-0.39, 0.29) is 22.9 Å². The van der Waals surface area contributed by atoms with Gasteiger partial charge in [-0.1, -0.05) is 0 Å². The van der Waals surface area contributed by atoms with Crippen molar-refractivity contribution < 1.29 is 13.2 Å². The van der Waals surface area contributed by atoms with Crippen LogP contribution in [0.4, 0.5) is 0 Å². The van der Waals surface area contributed by atoms with Crippen molar-refractivity contribution in [2.75, 3.05) is 13.1 Å². The molecule has 2 atom stereocenters. The molecule has 0 spiro atoms. The van der Waals surface area contributed by atoms with Crippen molar-refractivity contribution in [3.05, 3.63) is 29.8 Å². The molecule has 1 aromatic rings. The molecule has 0 aliphatic carbocycles. The van der Waals surface area contributed by atoms with Crippen LogP contribution in [0.5, 0.6) is 0 Å². The van der Waals surface area contributed by atoms with Gasteiger partial charge < -0.3 is 10.2 Å². The summed E-state index contributed by atoms with van der Waals surface area (Å²) >= 11 is 0. The Morgan fingerprint density at radius 3 is 2.09 bits per heavy atom. The number of amides is 1. The van der Waals surface area contributed by atoms with Crippen molar-refractivity contribution in [2.24, 2.45) is 0 Å². The van der Waals surface area contributed by atoms with Crippen LogP contribution in [-0.4, -0.2) is 49.6 Å². The lowest BCUT2D eigenvalue weighted by atomic mass is 10.1. The standard InChI is InChI=1S/C16H24N2O3S/c1-11(2)22(20,21)15-7-5-14(6-8-15)16(19)18-9-12(3)17-13(4)10-18/h5-8,11-13,17H,9-10H2,1-4H3/t12-,13+. The summed E-state index contributed by atoms with van der Waals surface area (Å²) < 4.78 is 24.2. The third-order valence-corrected chi connectivity index (χ3v) is 6.07. The van der Waals surface area contributed by atoms with Crippen molar-refractivity contribution in [1.82, 2.24) is 10.2 Å². The fourth-order valence-corrected chi connectivity index (χ4v) is 3.79. The van der Waals surface area contributed by atoms with Crippen molar-refractivity contribution in [3.8, 4) is 0 Å². The lowest BCUT2D eigenvalue weighted by Gasteiger charge is -2.36. The summed E-state index contributed by atoms with van der Waals surface area (Å²) in [5, 5.41) is 2.92. The second-order valence-corrected chi connectivity index (χ2v) is 8.80. The highest BCUT2D eigenvalue weighted by Crippen LogP contribution is 2.18. The van der Waals surface area contributed by atoms with E-state index >= 15 is 0 Å². The van der Waals surface area contributed by atoms with Crippen LogP contribution < -0.4 is 5.32 Å². The number of carbonyl (C=O) groups is 1. The fourth-order valence-electron chi connectivity index (χ4n) is 2.73. The van der Waals surface area contributed by atoms with Gasteiger partial charge in [0.15, 0.2) is 9.84 Å². The average molecular weight is 324 g/mol. The highest BCUT2D eigenvalue weighted by molar-refractivity contribution is 7.92. The molecular formula is C16H24N2O3S. The van der Waals surface area contributed by atoms with E-state index in [0.29, 0.717) is 18.7 Å². The maximum atomic E-state index is 12.5. The summed E-state index contributed by atoms with van der Waals surface area (Å²) in [4.78, 5) is 14.6. The molecule has 122 valence electrons. The Bertz CT molecular complexity index is 628. The molecule has 0 aromatic heterocycles. The predicted molar refractivity (Wildman–Crippen MR) is 86.7 cm³/mol. The minimum Gasteiger partial charge on any atom is -0.336 e. The minimum absolute atomic E-state index is 0.0475. The van der Waals surface area contributed by atoms with Crippen LogP contribution in [0.15, 0.2) is 29.2 Å². The predicted octanol–water partition coefficient (Wildman–Crippen LogP) is 1.69. The lowest BCUT2D eigenvalue weighted by Crippen LogP contribution is -2.55. The van der Waals surface area contributed by atoms with E-state index in [4.69, 9.17) is 0 Å². The van der Waals surface area contributed by atoms with E-state index in [0.717, 1.165) is 0 Å². The Morgan fingerprint density at radius 1 is 1.14 bits per heavy atom. The van der Waals surface area contributed by atoms with Crippen molar-refractivity contribution in [2.45, 2.75) is 49.9 Å². The number of nitrogens with zero attached hydrogens (tertiary/aromatic N) is 1. The van der Waals surface area contributed by atoms with Gasteiger partial charge >= 0.3 is 0 Å². The molecule has 6 heteroatoms. The first-order valence-electron chi connectivity index (χ1n) is 7.61. The number of benzene rings is 1. The number of carbonyl (C=O) groups excluding carboxylic acids is 1. The monoisotopic (exact) mass is 324 g/mol. The van der Waals surface area contributed by atoms with Gasteiger partial charge in [0.05, 0.1) is 10.1 Å². The SMILES string of the molecule is CC(C)S(=O)(=O)c1ccc(C(=O)N2C[C@@H](C)N[C@@H](C)C2)cc1. The summed E-state index contributed by atoms with van der Waals surface area (Å²) in [7, 11) is -3.30. The van der Waals surface area contributed by atoms with Crippen LogP contribution in [0.3, 0.4) is 0 Å². The van der Waals surface area contributed by atoms with E-state index in [1.54, 1.807) is 26.0 Å². The van der Waals surface area contributed by atoms with Crippen LogP contribution in [0.1, 0.15) is 38.1 Å². The average Bonchev–Trinajstić information content (AvgIpc) is 2.45. The second kappa shape index (κ2) is 6.38. The van der Waals surface area contributed by atoms with Gasteiger partial charge in [-0.15, -0.1) is 0 Å². The maximum Gasteiger partial charge on any atom is 0.253 e. The molecule has 1 N–H and O–H groups in total. The van der Waals surface area contributed by atoms with Gasteiger partial charge in [0.1, 0.15) is 0 Å². The van der Waals surface area contributed by atoms with Gasteiger partial charge in [0.2, 0.25) is 0 Å². The highest BCUT2D eigenvalue weighted by atomic mass is 32.2. The Hall–Kier alpha value is -1.40. The molecule has 0 saturated carbocycles. The van der Waals surface area contributed by atoms with E-state index in [1.165, 1.54) is 12.1 Å². The maximum absolute atomic E-state index is 12.5. The van der Waals surface area contributed by atoms with Crippen LogP contribution in [-0.2, 0) is 9.84 Å². The lowest BCUT2D eigenvalue weighted by molar-refractivity contribution is 0.0673. The zero-order valence-electron chi connectivity index (χ0n) is 13.5. The fraction of sp³-hybridized carbons (Fsp3) is 0.562. The van der Waals surface area contributed by atoms with Crippen LogP contribution in [0.25, 0.3) is 0 Å². The summed E-state index contributed by atoms with van der Waals surface area (Å²) in [6, 6.07) is 6.78. The van der Waals surface area contributed by atoms with E-state index in [2.05, 4.69) is 5.32 Å². The number of hydrogen-bond donors (Lipinski definition) is 1. The van der Waals surface area contributed by atoms with Gasteiger partial charge in [-0.25, -0.2) is 8.42 Å². The molecule has 1 heterocycles. The molecule has 22 heavy (non-hydrogen) atoms. The molecule has 1 saturated heterocycles. The summed E-state index contributed by atoms with van der Waals surface area (Å²) in [5.41, 5.74) is 0.531. The summed E-state index contributed by atoms with van der Waals surface area (Å²) in [5.74, 6) is -0.0475. The van der Waals surface area contributed by atoms with E-state index in [1.807, 2.05) is 18.7 Å². The largest absolute Gasteiger partial charge is 0.336 e. The van der Waals surface area contributed by atoms with Gasteiger partial charge in [0.25, 0.3) is 5.91 Å². The van der Waals surface area contributed by atoms with Gasteiger partial charge in [-0.3, -0.25) is 4.79 Å². The van der Waals surface area contributed by atoms with Crippen molar-refractivity contribution >= 4 is 15.7 Å². The van der Waals surface area contributed by atoms with Crippen LogP contribution >= 0.6 is 0 Å². The minimum atomic E-state index is -3.30. The molecule has 2 rings (SSSR count). The smallest absolute Gasteiger partial charge is 0.253 e. The second-order valence-electron chi connectivity index (χ2n) is 6.30. The molecular weight excluding hydrogens is 300 g/mol. The number of rotatable bonds is 3. The van der Waals surface area contributed by atoms with Gasteiger partial charge in [0, 0.05) is 30.7 Å². The molecule has 1 aliphatic heterocycles. The Balaban J connectivity index is 2.18.